The average Bonchev–Trinajstić information content (AvgIpc) is 2.29. The molecule has 0 saturated carbocycles. The molecule has 8 heavy (non-hydrogen) atoms. The molecule has 2 fully saturated rings. The number of hydrogen-bond acceptors (Lipinski definition) is 2. The first-order chi connectivity index (χ1) is 3.88. The van der Waals surface area contributed by atoms with E-state index in [9.17, 15) is 0 Å². The zero-order chi connectivity index (χ0) is 5.56. The quantitative estimate of drug-likeness (QED) is 0.462. The predicted molar refractivity (Wildman–Crippen MR) is 32.1 cm³/mol. The third-order valence-electron chi connectivity index (χ3n) is 2.51. The maximum atomic E-state index is 5.72. The third-order valence-corrected chi connectivity index (χ3v) is 2.51. The molecule has 2 nitrogen and oxygen atoms in total. The van der Waals surface area contributed by atoms with Gasteiger partial charge in [-0.25, -0.2) is 5.01 Å². The summed E-state index contributed by atoms with van der Waals surface area (Å²) in [7, 11) is 0. The summed E-state index contributed by atoms with van der Waals surface area (Å²) in [5.74, 6) is 5.72. The van der Waals surface area contributed by atoms with Gasteiger partial charge in [-0.2, -0.15) is 0 Å². The van der Waals surface area contributed by atoms with Crippen LogP contribution in [0.15, 0.2) is 0 Å². The molecule has 0 amide bonds. The van der Waals surface area contributed by atoms with E-state index in [-0.39, 0.29) is 0 Å². The smallest absolute Gasteiger partial charge is 0.0245 e. The second-order valence-electron chi connectivity index (χ2n) is 2.91. The van der Waals surface area contributed by atoms with Crippen LogP contribution < -0.4 is 5.84 Å². The molecule has 0 aliphatic carbocycles. The maximum absolute atomic E-state index is 5.72. The van der Waals surface area contributed by atoms with Crippen molar-refractivity contribution in [3.63, 3.8) is 0 Å². The van der Waals surface area contributed by atoms with Crippen molar-refractivity contribution in [1.82, 2.24) is 5.01 Å². The van der Waals surface area contributed by atoms with E-state index in [2.05, 4.69) is 5.01 Å². The highest BCUT2D eigenvalue weighted by Gasteiger charge is 2.36. The van der Waals surface area contributed by atoms with Crippen LogP contribution in [0.4, 0.5) is 0 Å². The molecule has 0 radical (unpaired) electrons. The number of rotatable bonds is 0. The minimum atomic E-state index is 0.750. The van der Waals surface area contributed by atoms with Gasteiger partial charge in [0.1, 0.15) is 0 Å². The van der Waals surface area contributed by atoms with E-state index < -0.39 is 0 Å². The van der Waals surface area contributed by atoms with E-state index in [1.54, 1.807) is 0 Å². The van der Waals surface area contributed by atoms with Crippen LogP contribution in [-0.4, -0.2) is 17.1 Å². The zero-order valence-electron chi connectivity index (χ0n) is 5.01. The van der Waals surface area contributed by atoms with Gasteiger partial charge in [-0.3, -0.25) is 5.84 Å². The molecule has 0 spiro atoms. The largest absolute Gasteiger partial charge is 0.268 e. The Bertz CT molecular complexity index is 82.7. The molecule has 2 heteroatoms. The maximum Gasteiger partial charge on any atom is 0.0245 e. The van der Waals surface area contributed by atoms with Gasteiger partial charge in [-0.05, 0) is 25.7 Å². The highest BCUT2D eigenvalue weighted by Crippen LogP contribution is 2.33. The fraction of sp³-hybridized carbons (Fsp3) is 1.00. The van der Waals surface area contributed by atoms with Gasteiger partial charge in [0.15, 0.2) is 0 Å². The number of fused-ring (bicyclic) bond motifs is 2. The molecule has 2 aliphatic rings. The van der Waals surface area contributed by atoms with Crippen LogP contribution >= 0.6 is 0 Å². The van der Waals surface area contributed by atoms with Gasteiger partial charge < -0.3 is 0 Å². The standard InChI is InChI=1S/C6H12N2/c7-8-5-1-2-6(8)4-3-5/h5-6H,1-4,7H2. The summed E-state index contributed by atoms with van der Waals surface area (Å²) in [6.45, 7) is 0. The zero-order valence-corrected chi connectivity index (χ0v) is 5.01. The van der Waals surface area contributed by atoms with Gasteiger partial charge in [0.05, 0.1) is 0 Å². The lowest BCUT2D eigenvalue weighted by Gasteiger charge is -2.12. The second kappa shape index (κ2) is 1.45. The monoisotopic (exact) mass is 112 g/mol. The van der Waals surface area contributed by atoms with Crippen LogP contribution in [0.25, 0.3) is 0 Å². The molecule has 0 aromatic carbocycles. The van der Waals surface area contributed by atoms with Crippen LogP contribution in [0.3, 0.4) is 0 Å². The van der Waals surface area contributed by atoms with Crippen molar-refractivity contribution >= 4 is 0 Å². The van der Waals surface area contributed by atoms with Crippen molar-refractivity contribution in [3.8, 4) is 0 Å². The van der Waals surface area contributed by atoms with Crippen molar-refractivity contribution in [3.05, 3.63) is 0 Å². The number of hydrogen-bond donors (Lipinski definition) is 1. The molecule has 2 bridgehead atoms. The Morgan fingerprint density at radius 2 is 1.38 bits per heavy atom. The van der Waals surface area contributed by atoms with Crippen LogP contribution in [-0.2, 0) is 0 Å². The van der Waals surface area contributed by atoms with Crippen LogP contribution in [0, 0.1) is 0 Å². The summed E-state index contributed by atoms with van der Waals surface area (Å²) < 4.78 is 0. The Labute approximate surface area is 49.6 Å². The van der Waals surface area contributed by atoms with Gasteiger partial charge in [0, 0.05) is 12.1 Å². The van der Waals surface area contributed by atoms with Crippen LogP contribution in [0.5, 0.6) is 0 Å². The van der Waals surface area contributed by atoms with E-state index in [1.807, 2.05) is 0 Å². The van der Waals surface area contributed by atoms with E-state index >= 15 is 0 Å². The lowest BCUT2D eigenvalue weighted by molar-refractivity contribution is 0.261. The van der Waals surface area contributed by atoms with E-state index in [0.29, 0.717) is 0 Å². The Hall–Kier alpha value is -0.0800. The molecule has 2 heterocycles. The lowest BCUT2D eigenvalue weighted by atomic mass is 10.0. The Kier molecular flexibility index (Phi) is 0.866. The van der Waals surface area contributed by atoms with Gasteiger partial charge in [0.2, 0.25) is 0 Å². The predicted octanol–water partition coefficient (Wildman–Crippen LogP) is 0.487. The molecule has 2 N–H and O–H groups in total. The van der Waals surface area contributed by atoms with E-state index in [0.717, 1.165) is 12.1 Å². The minimum absolute atomic E-state index is 0.750. The Morgan fingerprint density at radius 3 is 1.50 bits per heavy atom. The summed E-state index contributed by atoms with van der Waals surface area (Å²) in [4.78, 5) is 0. The van der Waals surface area contributed by atoms with Crippen molar-refractivity contribution < 1.29 is 0 Å². The van der Waals surface area contributed by atoms with Crippen molar-refractivity contribution in [1.29, 1.82) is 0 Å². The average molecular weight is 112 g/mol. The SMILES string of the molecule is NN1C2CCC1CC2. The highest BCUT2D eigenvalue weighted by molar-refractivity contribution is 4.91. The summed E-state index contributed by atoms with van der Waals surface area (Å²) in [6, 6.07) is 1.50. The first-order valence-corrected chi connectivity index (χ1v) is 3.41. The van der Waals surface area contributed by atoms with Gasteiger partial charge >= 0.3 is 0 Å². The summed E-state index contributed by atoms with van der Waals surface area (Å²) in [5, 5.41) is 2.06. The first-order valence-electron chi connectivity index (χ1n) is 3.41. The molecule has 2 aliphatic heterocycles. The van der Waals surface area contributed by atoms with Gasteiger partial charge in [-0.1, -0.05) is 0 Å². The molecule has 2 rings (SSSR count). The second-order valence-corrected chi connectivity index (χ2v) is 2.91. The van der Waals surface area contributed by atoms with Gasteiger partial charge in [0.25, 0.3) is 0 Å². The number of nitrogens with two attached hydrogens (primary N) is 1. The third kappa shape index (κ3) is 0.446. The van der Waals surface area contributed by atoms with Crippen LogP contribution in [0.1, 0.15) is 25.7 Å². The summed E-state index contributed by atoms with van der Waals surface area (Å²) in [6.07, 6.45) is 5.39. The minimum Gasteiger partial charge on any atom is -0.268 e. The number of hydrazine groups is 1. The Morgan fingerprint density at radius 1 is 1.00 bits per heavy atom. The summed E-state index contributed by atoms with van der Waals surface area (Å²) >= 11 is 0. The molecular weight excluding hydrogens is 100 g/mol. The normalized spacial score (nSPS) is 46.1. The molecule has 0 aromatic rings. The van der Waals surface area contributed by atoms with Crippen LogP contribution in [0.2, 0.25) is 0 Å². The van der Waals surface area contributed by atoms with E-state index in [1.165, 1.54) is 25.7 Å². The van der Waals surface area contributed by atoms with Gasteiger partial charge in [-0.15, -0.1) is 0 Å². The topological polar surface area (TPSA) is 29.3 Å². The molecule has 2 saturated heterocycles. The first kappa shape index (κ1) is 4.77. The number of nitrogens with zero attached hydrogens (tertiary/aromatic N) is 1. The van der Waals surface area contributed by atoms with E-state index in [4.69, 9.17) is 5.84 Å². The summed E-state index contributed by atoms with van der Waals surface area (Å²) in [5.41, 5.74) is 0. The Balaban J connectivity index is 2.16. The molecular formula is C6H12N2. The van der Waals surface area contributed by atoms with Crippen molar-refractivity contribution in [2.45, 2.75) is 37.8 Å². The fourth-order valence-electron chi connectivity index (χ4n) is 1.95. The molecule has 46 valence electrons. The molecule has 0 unspecified atom stereocenters. The molecule has 0 atom stereocenters. The van der Waals surface area contributed by atoms with Crippen molar-refractivity contribution in [2.75, 3.05) is 0 Å². The molecule has 0 aromatic heterocycles. The van der Waals surface area contributed by atoms with Crippen molar-refractivity contribution in [2.24, 2.45) is 5.84 Å². The fourth-order valence-corrected chi connectivity index (χ4v) is 1.95. The highest BCUT2D eigenvalue weighted by atomic mass is 15.5. The lowest BCUT2D eigenvalue weighted by Crippen LogP contribution is -2.35.